The van der Waals surface area contributed by atoms with Crippen molar-refractivity contribution in [2.24, 2.45) is 0 Å². The Morgan fingerprint density at radius 1 is 0.758 bits per heavy atom. The molecule has 0 radical (unpaired) electrons. The monoisotopic (exact) mass is 440 g/mol. The van der Waals surface area contributed by atoms with Crippen molar-refractivity contribution in [3.05, 3.63) is 114 Å². The van der Waals surface area contributed by atoms with Crippen molar-refractivity contribution in [2.45, 2.75) is 6.54 Å². The number of hydrogen-bond donors (Lipinski definition) is 3. The third kappa shape index (κ3) is 5.71. The van der Waals surface area contributed by atoms with Crippen molar-refractivity contribution >= 4 is 29.1 Å². The molecule has 2 heterocycles. The first kappa shape index (κ1) is 21.5. The topological polar surface area (TPSA) is 113 Å². The fourth-order valence-corrected chi connectivity index (χ4v) is 3.08. The minimum absolute atomic E-state index is 0.212. The summed E-state index contributed by atoms with van der Waals surface area (Å²) >= 11 is 0. The van der Waals surface area contributed by atoms with E-state index in [1.807, 2.05) is 6.07 Å². The summed E-state index contributed by atoms with van der Waals surface area (Å²) in [5, 5.41) is 8.35. The smallest absolute Gasteiger partial charge is 0.291 e. The zero-order chi connectivity index (χ0) is 23.0. The van der Waals surface area contributed by atoms with Crippen LogP contribution in [0.1, 0.15) is 36.8 Å². The molecule has 8 nitrogen and oxygen atoms in total. The van der Waals surface area contributed by atoms with Crippen LogP contribution in [0.2, 0.25) is 0 Å². The number of anilines is 2. The molecule has 8 heteroatoms. The molecule has 0 aliphatic heterocycles. The number of aromatic nitrogens is 1. The summed E-state index contributed by atoms with van der Waals surface area (Å²) in [5.74, 6) is -0.748. The average Bonchev–Trinajstić information content (AvgIpc) is 3.39. The highest BCUT2D eigenvalue weighted by Gasteiger charge is 2.11. The SMILES string of the molecule is O=C(NCc1cccc(NC(=O)c2ccco2)c1)c1cccc(NC(=O)c2cccnc2)c1. The number of hydrogen-bond acceptors (Lipinski definition) is 5. The number of furan rings is 1. The van der Waals surface area contributed by atoms with Crippen LogP contribution < -0.4 is 16.0 Å². The number of benzene rings is 2. The molecule has 2 aromatic carbocycles. The highest BCUT2D eigenvalue weighted by molar-refractivity contribution is 6.05. The minimum atomic E-state index is -0.355. The molecule has 164 valence electrons. The fraction of sp³-hybridized carbons (Fsp3) is 0.0400. The van der Waals surface area contributed by atoms with Crippen LogP contribution in [0.3, 0.4) is 0 Å². The van der Waals surface area contributed by atoms with Crippen LogP contribution in [-0.4, -0.2) is 22.7 Å². The summed E-state index contributed by atoms with van der Waals surface area (Å²) in [7, 11) is 0. The first-order valence-electron chi connectivity index (χ1n) is 10.1. The van der Waals surface area contributed by atoms with Crippen molar-refractivity contribution < 1.29 is 18.8 Å². The van der Waals surface area contributed by atoms with Gasteiger partial charge in [0.05, 0.1) is 11.8 Å². The van der Waals surface area contributed by atoms with E-state index in [2.05, 4.69) is 20.9 Å². The van der Waals surface area contributed by atoms with Gasteiger partial charge in [0.1, 0.15) is 0 Å². The van der Waals surface area contributed by atoms with Gasteiger partial charge in [0.25, 0.3) is 17.7 Å². The lowest BCUT2D eigenvalue weighted by Gasteiger charge is -2.10. The summed E-state index contributed by atoms with van der Waals surface area (Å²) in [6, 6.07) is 20.4. The molecular formula is C25H20N4O4. The van der Waals surface area contributed by atoms with Crippen LogP contribution in [0.25, 0.3) is 0 Å². The van der Waals surface area contributed by atoms with Crippen molar-refractivity contribution in [1.29, 1.82) is 0 Å². The quantitative estimate of drug-likeness (QED) is 0.400. The highest BCUT2D eigenvalue weighted by atomic mass is 16.3. The van der Waals surface area contributed by atoms with Gasteiger partial charge in [-0.15, -0.1) is 0 Å². The maximum Gasteiger partial charge on any atom is 0.291 e. The van der Waals surface area contributed by atoms with Crippen LogP contribution in [0.5, 0.6) is 0 Å². The number of rotatable bonds is 7. The van der Waals surface area contributed by atoms with Gasteiger partial charge in [0.2, 0.25) is 0 Å². The van der Waals surface area contributed by atoms with Crippen molar-refractivity contribution in [1.82, 2.24) is 10.3 Å². The maximum atomic E-state index is 12.6. The van der Waals surface area contributed by atoms with E-state index in [4.69, 9.17) is 4.42 Å². The largest absolute Gasteiger partial charge is 0.459 e. The van der Waals surface area contributed by atoms with Crippen LogP contribution in [0.4, 0.5) is 11.4 Å². The molecule has 33 heavy (non-hydrogen) atoms. The van der Waals surface area contributed by atoms with Crippen LogP contribution in [0.15, 0.2) is 95.9 Å². The molecule has 0 atom stereocenters. The van der Waals surface area contributed by atoms with Gasteiger partial charge in [-0.25, -0.2) is 0 Å². The third-order valence-electron chi connectivity index (χ3n) is 4.69. The number of nitrogens with zero attached hydrogens (tertiary/aromatic N) is 1. The Bertz CT molecular complexity index is 1270. The summed E-state index contributed by atoms with van der Waals surface area (Å²) < 4.78 is 5.09. The molecule has 0 aliphatic rings. The molecule has 4 aromatic rings. The predicted molar refractivity (Wildman–Crippen MR) is 123 cm³/mol. The second kappa shape index (κ2) is 10.1. The normalized spacial score (nSPS) is 10.3. The van der Waals surface area contributed by atoms with Crippen molar-refractivity contribution in [3.63, 3.8) is 0 Å². The Morgan fingerprint density at radius 3 is 2.27 bits per heavy atom. The molecule has 3 N–H and O–H groups in total. The third-order valence-corrected chi connectivity index (χ3v) is 4.69. The molecule has 0 unspecified atom stereocenters. The molecule has 0 fully saturated rings. The molecule has 0 bridgehead atoms. The molecule has 0 saturated carbocycles. The average molecular weight is 440 g/mol. The molecule has 0 spiro atoms. The summed E-state index contributed by atoms with van der Waals surface area (Å²) in [5.41, 5.74) is 2.72. The minimum Gasteiger partial charge on any atom is -0.459 e. The van der Waals surface area contributed by atoms with E-state index in [1.54, 1.807) is 72.9 Å². The molecule has 3 amide bonds. The van der Waals surface area contributed by atoms with Gasteiger partial charge < -0.3 is 20.4 Å². The van der Waals surface area contributed by atoms with Crippen molar-refractivity contribution in [2.75, 3.05) is 10.6 Å². The Kier molecular flexibility index (Phi) is 6.56. The van der Waals surface area contributed by atoms with Gasteiger partial charge >= 0.3 is 0 Å². The van der Waals surface area contributed by atoms with E-state index < -0.39 is 0 Å². The second-order valence-corrected chi connectivity index (χ2v) is 7.09. The summed E-state index contributed by atoms with van der Waals surface area (Å²) in [6.07, 6.45) is 4.49. The number of amides is 3. The Labute approximate surface area is 189 Å². The van der Waals surface area contributed by atoms with E-state index in [1.165, 1.54) is 12.5 Å². The number of carbonyl (C=O) groups excluding carboxylic acids is 3. The standard InChI is InChI=1S/C25H20N4O4/c30-23(18-6-2-9-21(14-18)28-24(31)19-7-3-11-26-16-19)27-15-17-5-1-8-20(13-17)29-25(32)22-10-4-12-33-22/h1-14,16H,15H2,(H,27,30)(H,28,31)(H,29,32). The van der Waals surface area contributed by atoms with Gasteiger partial charge in [-0.05, 0) is 60.2 Å². The Balaban J connectivity index is 1.36. The first-order valence-corrected chi connectivity index (χ1v) is 10.1. The lowest BCUT2D eigenvalue weighted by atomic mass is 10.1. The molecule has 2 aromatic heterocycles. The lowest BCUT2D eigenvalue weighted by Crippen LogP contribution is -2.23. The molecule has 0 aliphatic carbocycles. The van der Waals surface area contributed by atoms with E-state index in [9.17, 15) is 14.4 Å². The Hall–Kier alpha value is -4.72. The summed E-state index contributed by atoms with van der Waals surface area (Å²) in [4.78, 5) is 41.0. The van der Waals surface area contributed by atoms with Gasteiger partial charge in [-0.1, -0.05) is 18.2 Å². The van der Waals surface area contributed by atoms with Gasteiger partial charge in [0, 0.05) is 35.9 Å². The predicted octanol–water partition coefficient (Wildman–Crippen LogP) is 4.11. The van der Waals surface area contributed by atoms with Crippen LogP contribution >= 0.6 is 0 Å². The Morgan fingerprint density at radius 2 is 1.52 bits per heavy atom. The fourth-order valence-electron chi connectivity index (χ4n) is 3.08. The lowest BCUT2D eigenvalue weighted by molar-refractivity contribution is 0.0948. The van der Waals surface area contributed by atoms with E-state index in [0.717, 1.165) is 5.56 Å². The number of carbonyl (C=O) groups is 3. The second-order valence-electron chi connectivity index (χ2n) is 7.09. The zero-order valence-corrected chi connectivity index (χ0v) is 17.4. The van der Waals surface area contributed by atoms with E-state index in [-0.39, 0.29) is 30.0 Å². The van der Waals surface area contributed by atoms with E-state index in [0.29, 0.717) is 22.5 Å². The van der Waals surface area contributed by atoms with Crippen molar-refractivity contribution in [3.8, 4) is 0 Å². The zero-order valence-electron chi connectivity index (χ0n) is 17.4. The van der Waals surface area contributed by atoms with Gasteiger partial charge in [-0.3, -0.25) is 19.4 Å². The van der Waals surface area contributed by atoms with Gasteiger partial charge in [0.15, 0.2) is 5.76 Å². The molecule has 0 saturated heterocycles. The maximum absolute atomic E-state index is 12.6. The molecular weight excluding hydrogens is 420 g/mol. The highest BCUT2D eigenvalue weighted by Crippen LogP contribution is 2.15. The van der Waals surface area contributed by atoms with Crippen LogP contribution in [-0.2, 0) is 6.54 Å². The van der Waals surface area contributed by atoms with Gasteiger partial charge in [-0.2, -0.15) is 0 Å². The number of nitrogens with one attached hydrogen (secondary N) is 3. The first-order chi connectivity index (χ1) is 16.1. The van der Waals surface area contributed by atoms with E-state index >= 15 is 0 Å². The number of pyridine rings is 1. The summed E-state index contributed by atoms with van der Waals surface area (Å²) in [6.45, 7) is 0.259. The van der Waals surface area contributed by atoms with Crippen LogP contribution in [0, 0.1) is 0 Å². The molecule has 4 rings (SSSR count).